The lowest BCUT2D eigenvalue weighted by Crippen LogP contribution is -2.47. The second kappa shape index (κ2) is 8.31. The summed E-state index contributed by atoms with van der Waals surface area (Å²) < 4.78 is 16.3. The molecule has 1 aromatic rings. The third kappa shape index (κ3) is 4.44. The molecule has 0 aromatic heterocycles. The summed E-state index contributed by atoms with van der Waals surface area (Å²) in [5.74, 6) is 1.43. The Hall–Kier alpha value is -2.06. The van der Waals surface area contributed by atoms with Gasteiger partial charge in [0.1, 0.15) is 0 Å². The minimum absolute atomic E-state index is 0.00682. The first-order chi connectivity index (χ1) is 13.2. The molecule has 0 radical (unpaired) electrons. The molecule has 27 heavy (non-hydrogen) atoms. The number of carbonyl (C=O) groups is 1. The third-order valence-electron chi connectivity index (χ3n) is 5.30. The maximum atomic E-state index is 12.6. The molecular formula is C19H25N3O4S. The SMILES string of the molecule is O=C(Nc1ccc2c(c1)OCO2)C1CCN(C(=S)NCC2CCCO2)CC1. The van der Waals surface area contributed by atoms with Crippen molar-refractivity contribution in [2.24, 2.45) is 5.92 Å². The number of thiocarbonyl (C=S) groups is 1. The molecule has 8 heteroatoms. The van der Waals surface area contributed by atoms with Crippen molar-refractivity contribution in [1.29, 1.82) is 0 Å². The second-order valence-electron chi connectivity index (χ2n) is 7.14. The van der Waals surface area contributed by atoms with Crippen LogP contribution in [0.4, 0.5) is 5.69 Å². The smallest absolute Gasteiger partial charge is 0.231 e. The maximum Gasteiger partial charge on any atom is 0.231 e. The van der Waals surface area contributed by atoms with Gasteiger partial charge in [-0.15, -0.1) is 0 Å². The molecule has 1 amide bonds. The third-order valence-corrected chi connectivity index (χ3v) is 5.70. The minimum Gasteiger partial charge on any atom is -0.454 e. The van der Waals surface area contributed by atoms with Crippen LogP contribution in [0.1, 0.15) is 25.7 Å². The predicted octanol–water partition coefficient (Wildman–Crippen LogP) is 2.12. The van der Waals surface area contributed by atoms with Gasteiger partial charge in [-0.2, -0.15) is 0 Å². The van der Waals surface area contributed by atoms with E-state index >= 15 is 0 Å². The molecule has 7 nitrogen and oxygen atoms in total. The van der Waals surface area contributed by atoms with Crippen LogP contribution in [0.15, 0.2) is 18.2 Å². The average Bonchev–Trinajstić information content (AvgIpc) is 3.37. The van der Waals surface area contributed by atoms with Gasteiger partial charge < -0.3 is 29.7 Å². The molecule has 1 atom stereocenters. The predicted molar refractivity (Wildman–Crippen MR) is 105 cm³/mol. The van der Waals surface area contributed by atoms with Crippen LogP contribution in [0.5, 0.6) is 11.5 Å². The van der Waals surface area contributed by atoms with E-state index in [1.165, 1.54) is 0 Å². The van der Waals surface area contributed by atoms with Crippen molar-refractivity contribution in [2.75, 3.05) is 38.4 Å². The lowest BCUT2D eigenvalue weighted by molar-refractivity contribution is -0.120. The van der Waals surface area contributed by atoms with E-state index in [2.05, 4.69) is 15.5 Å². The quantitative estimate of drug-likeness (QED) is 0.762. The van der Waals surface area contributed by atoms with Gasteiger partial charge in [-0.05, 0) is 50.0 Å². The molecule has 3 heterocycles. The average molecular weight is 391 g/mol. The molecule has 3 aliphatic rings. The summed E-state index contributed by atoms with van der Waals surface area (Å²) in [6.45, 7) is 3.42. The van der Waals surface area contributed by atoms with Gasteiger partial charge in [0.2, 0.25) is 12.7 Å². The summed E-state index contributed by atoms with van der Waals surface area (Å²) in [6.07, 6.45) is 4.07. The Morgan fingerprint density at radius 3 is 2.78 bits per heavy atom. The van der Waals surface area contributed by atoms with E-state index in [4.69, 9.17) is 26.4 Å². The van der Waals surface area contributed by atoms with Gasteiger partial charge in [0.25, 0.3) is 0 Å². The molecule has 1 aromatic carbocycles. The van der Waals surface area contributed by atoms with Crippen molar-refractivity contribution in [3.8, 4) is 11.5 Å². The number of nitrogens with one attached hydrogen (secondary N) is 2. The highest BCUT2D eigenvalue weighted by Crippen LogP contribution is 2.34. The number of hydrogen-bond donors (Lipinski definition) is 2. The molecule has 0 aliphatic carbocycles. The van der Waals surface area contributed by atoms with Gasteiger partial charge in [-0.25, -0.2) is 0 Å². The Morgan fingerprint density at radius 2 is 2.00 bits per heavy atom. The molecule has 3 aliphatic heterocycles. The van der Waals surface area contributed by atoms with E-state index in [9.17, 15) is 4.79 Å². The highest BCUT2D eigenvalue weighted by atomic mass is 32.1. The molecule has 2 saturated heterocycles. The van der Waals surface area contributed by atoms with Gasteiger partial charge in [-0.1, -0.05) is 0 Å². The standard InChI is InChI=1S/C19H25N3O4S/c23-18(21-14-3-4-16-17(10-14)26-12-25-16)13-5-7-22(8-6-13)19(27)20-11-15-2-1-9-24-15/h3-4,10,13,15H,1-2,5-9,11-12H2,(H,20,27)(H,21,23). The first-order valence-corrected chi connectivity index (χ1v) is 9.95. The Kier molecular flexibility index (Phi) is 5.63. The molecular weight excluding hydrogens is 366 g/mol. The summed E-state index contributed by atoms with van der Waals surface area (Å²) in [7, 11) is 0. The summed E-state index contributed by atoms with van der Waals surface area (Å²) >= 11 is 5.50. The van der Waals surface area contributed by atoms with Gasteiger partial charge in [0.15, 0.2) is 16.6 Å². The summed E-state index contributed by atoms with van der Waals surface area (Å²) in [5, 5.41) is 7.06. The number of amides is 1. The van der Waals surface area contributed by atoms with E-state index in [0.717, 1.165) is 62.7 Å². The molecule has 2 N–H and O–H groups in total. The number of carbonyl (C=O) groups excluding carboxylic acids is 1. The van der Waals surface area contributed by atoms with Crippen LogP contribution in [-0.4, -0.2) is 55.1 Å². The monoisotopic (exact) mass is 391 g/mol. The molecule has 1 unspecified atom stereocenters. The summed E-state index contributed by atoms with van der Waals surface area (Å²) in [5.41, 5.74) is 0.737. The number of likely N-dealkylation sites (tertiary alicyclic amines) is 1. The highest BCUT2D eigenvalue weighted by molar-refractivity contribution is 7.80. The minimum atomic E-state index is -0.00682. The molecule has 0 spiro atoms. The van der Waals surface area contributed by atoms with Crippen molar-refractivity contribution in [2.45, 2.75) is 31.8 Å². The van der Waals surface area contributed by atoms with E-state index in [0.29, 0.717) is 11.5 Å². The van der Waals surface area contributed by atoms with Crippen molar-refractivity contribution in [3.63, 3.8) is 0 Å². The van der Waals surface area contributed by atoms with Crippen molar-refractivity contribution >= 4 is 28.9 Å². The van der Waals surface area contributed by atoms with Gasteiger partial charge in [0.05, 0.1) is 6.10 Å². The number of fused-ring (bicyclic) bond motifs is 1. The number of rotatable bonds is 4. The van der Waals surface area contributed by atoms with E-state index < -0.39 is 0 Å². The fraction of sp³-hybridized carbons (Fsp3) is 0.579. The molecule has 4 rings (SSSR count). The Balaban J connectivity index is 1.22. The number of nitrogens with zero attached hydrogens (tertiary/aromatic N) is 1. The van der Waals surface area contributed by atoms with Crippen molar-refractivity contribution < 1.29 is 19.0 Å². The van der Waals surface area contributed by atoms with Gasteiger partial charge in [0, 0.05) is 43.9 Å². The number of hydrogen-bond acceptors (Lipinski definition) is 5. The van der Waals surface area contributed by atoms with Gasteiger partial charge in [-0.3, -0.25) is 4.79 Å². The number of anilines is 1. The second-order valence-corrected chi connectivity index (χ2v) is 7.53. The number of ether oxygens (including phenoxy) is 3. The van der Waals surface area contributed by atoms with Crippen LogP contribution in [0.25, 0.3) is 0 Å². The zero-order valence-electron chi connectivity index (χ0n) is 15.2. The molecule has 2 fully saturated rings. The number of benzene rings is 1. The normalized spacial score (nSPS) is 21.9. The summed E-state index contributed by atoms with van der Waals surface area (Å²) in [6, 6.07) is 5.46. The fourth-order valence-electron chi connectivity index (χ4n) is 3.68. The fourth-order valence-corrected chi connectivity index (χ4v) is 3.95. The molecule has 146 valence electrons. The van der Waals surface area contributed by atoms with E-state index in [1.54, 1.807) is 6.07 Å². The highest BCUT2D eigenvalue weighted by Gasteiger charge is 2.27. The number of piperidine rings is 1. The lowest BCUT2D eigenvalue weighted by atomic mass is 9.96. The molecule has 0 bridgehead atoms. The van der Waals surface area contributed by atoms with E-state index in [-0.39, 0.29) is 24.7 Å². The molecule has 0 saturated carbocycles. The zero-order valence-corrected chi connectivity index (χ0v) is 16.1. The topological polar surface area (TPSA) is 72.1 Å². The summed E-state index contributed by atoms with van der Waals surface area (Å²) in [4.78, 5) is 14.7. The van der Waals surface area contributed by atoms with Crippen molar-refractivity contribution in [3.05, 3.63) is 18.2 Å². The Labute approximate surface area is 164 Å². The van der Waals surface area contributed by atoms with Crippen LogP contribution in [0.2, 0.25) is 0 Å². The maximum absolute atomic E-state index is 12.6. The van der Waals surface area contributed by atoms with Crippen LogP contribution < -0.4 is 20.1 Å². The Bertz CT molecular complexity index is 700. The van der Waals surface area contributed by atoms with Crippen LogP contribution in [-0.2, 0) is 9.53 Å². The lowest BCUT2D eigenvalue weighted by Gasteiger charge is -2.33. The zero-order chi connectivity index (χ0) is 18.6. The Morgan fingerprint density at radius 1 is 1.19 bits per heavy atom. The largest absolute Gasteiger partial charge is 0.454 e. The first kappa shape index (κ1) is 18.3. The van der Waals surface area contributed by atoms with Gasteiger partial charge >= 0.3 is 0 Å². The van der Waals surface area contributed by atoms with E-state index in [1.807, 2.05) is 12.1 Å². The van der Waals surface area contributed by atoms with Crippen LogP contribution in [0.3, 0.4) is 0 Å². The first-order valence-electron chi connectivity index (χ1n) is 9.54. The van der Waals surface area contributed by atoms with Crippen LogP contribution >= 0.6 is 12.2 Å². The van der Waals surface area contributed by atoms with Crippen LogP contribution in [0, 0.1) is 5.92 Å². The van der Waals surface area contributed by atoms with Crippen molar-refractivity contribution in [1.82, 2.24) is 10.2 Å².